The van der Waals surface area contributed by atoms with Gasteiger partial charge in [0.1, 0.15) is 0 Å². The average Bonchev–Trinajstić information content (AvgIpc) is 2.85. The Morgan fingerprint density at radius 2 is 2.05 bits per heavy atom. The van der Waals surface area contributed by atoms with Crippen LogP contribution in [0.1, 0.15) is 20.8 Å². The molecule has 0 atom stereocenters. The van der Waals surface area contributed by atoms with Crippen LogP contribution in [0.2, 0.25) is 0 Å². The van der Waals surface area contributed by atoms with Crippen molar-refractivity contribution in [2.45, 2.75) is 0 Å². The highest BCUT2D eigenvalue weighted by Gasteiger charge is 2.15. The van der Waals surface area contributed by atoms with E-state index in [0.29, 0.717) is 5.69 Å². The number of carbonyl (C=O) groups excluding carboxylic acids is 2. The molecule has 0 aliphatic rings. The van der Waals surface area contributed by atoms with Gasteiger partial charge in [0.15, 0.2) is 5.69 Å². The maximum Gasteiger partial charge on any atom is 0.339 e. The number of anilines is 1. The molecule has 0 unspecified atom stereocenters. The molecule has 1 amide bonds. The molecule has 7 heteroatoms. The molecule has 1 aromatic heterocycles. The lowest BCUT2D eigenvalue weighted by atomic mass is 10.2. The third-order valence-corrected chi connectivity index (χ3v) is 2.42. The van der Waals surface area contributed by atoms with E-state index in [2.05, 4.69) is 20.4 Å². The van der Waals surface area contributed by atoms with Gasteiger partial charge in [0.25, 0.3) is 5.91 Å². The molecule has 0 saturated carbocycles. The third kappa shape index (κ3) is 2.76. The highest BCUT2D eigenvalue weighted by atomic mass is 16.5. The van der Waals surface area contributed by atoms with Gasteiger partial charge in [-0.05, 0) is 12.1 Å². The number of nitrogens with one attached hydrogen (secondary N) is 1. The van der Waals surface area contributed by atoms with E-state index in [-0.39, 0.29) is 11.3 Å². The number of carbonyl (C=O) groups is 2. The van der Waals surface area contributed by atoms with Crippen LogP contribution in [0, 0.1) is 0 Å². The predicted molar refractivity (Wildman–Crippen MR) is 66.7 cm³/mol. The van der Waals surface area contributed by atoms with Gasteiger partial charge in [0, 0.05) is 7.05 Å². The van der Waals surface area contributed by atoms with Crippen LogP contribution in [0.4, 0.5) is 5.69 Å². The van der Waals surface area contributed by atoms with Crippen molar-refractivity contribution >= 4 is 17.6 Å². The molecular weight excluding hydrogens is 248 g/mol. The molecule has 0 aliphatic heterocycles. The molecule has 98 valence electrons. The van der Waals surface area contributed by atoms with Gasteiger partial charge in [-0.3, -0.25) is 9.48 Å². The molecule has 2 aromatic rings. The fraction of sp³-hybridized carbons (Fsp3) is 0.167. The van der Waals surface area contributed by atoms with Crippen molar-refractivity contribution in [1.82, 2.24) is 15.0 Å². The lowest BCUT2D eigenvalue weighted by Crippen LogP contribution is -2.15. The molecular formula is C12H12N4O3. The lowest BCUT2D eigenvalue weighted by Gasteiger charge is -2.07. The van der Waals surface area contributed by atoms with Gasteiger partial charge in [0.2, 0.25) is 0 Å². The lowest BCUT2D eigenvalue weighted by molar-refractivity contribution is 0.0602. The first-order valence-corrected chi connectivity index (χ1v) is 5.47. The van der Waals surface area contributed by atoms with Crippen LogP contribution < -0.4 is 5.32 Å². The smallest absolute Gasteiger partial charge is 0.339 e. The number of benzene rings is 1. The minimum absolute atomic E-state index is 0.169. The number of hydrogen-bond acceptors (Lipinski definition) is 5. The number of aryl methyl sites for hydroxylation is 1. The number of hydrogen-bond donors (Lipinski definition) is 1. The Bertz CT molecular complexity index is 621. The summed E-state index contributed by atoms with van der Waals surface area (Å²) in [4.78, 5) is 23.5. The number of esters is 1. The zero-order chi connectivity index (χ0) is 13.8. The van der Waals surface area contributed by atoms with Crippen LogP contribution in [-0.4, -0.2) is 34.0 Å². The predicted octanol–water partition coefficient (Wildman–Crippen LogP) is 0.854. The third-order valence-electron chi connectivity index (χ3n) is 2.42. The molecule has 7 nitrogen and oxygen atoms in total. The summed E-state index contributed by atoms with van der Waals surface area (Å²) >= 11 is 0. The summed E-state index contributed by atoms with van der Waals surface area (Å²) in [5, 5.41) is 9.96. The summed E-state index contributed by atoms with van der Waals surface area (Å²) in [5.74, 6) is -0.959. The Balaban J connectivity index is 2.24. The first-order chi connectivity index (χ1) is 9.11. The second-order valence-corrected chi connectivity index (χ2v) is 3.77. The molecule has 1 N–H and O–H groups in total. The fourth-order valence-corrected chi connectivity index (χ4v) is 1.52. The number of rotatable bonds is 3. The highest BCUT2D eigenvalue weighted by molar-refractivity contribution is 6.06. The molecule has 0 saturated heterocycles. The zero-order valence-corrected chi connectivity index (χ0v) is 10.5. The van der Waals surface area contributed by atoms with Gasteiger partial charge < -0.3 is 10.1 Å². The molecule has 0 radical (unpaired) electrons. The molecule has 1 aromatic carbocycles. The monoisotopic (exact) mass is 260 g/mol. The van der Waals surface area contributed by atoms with Gasteiger partial charge in [-0.2, -0.15) is 0 Å². The molecule has 0 spiro atoms. The second kappa shape index (κ2) is 5.30. The quantitative estimate of drug-likeness (QED) is 0.827. The number of nitrogens with zero attached hydrogens (tertiary/aromatic N) is 3. The van der Waals surface area contributed by atoms with Crippen molar-refractivity contribution in [3.63, 3.8) is 0 Å². The Morgan fingerprint density at radius 3 is 2.68 bits per heavy atom. The van der Waals surface area contributed by atoms with E-state index >= 15 is 0 Å². The molecule has 0 fully saturated rings. The Labute approximate surface area is 109 Å². The van der Waals surface area contributed by atoms with Crippen molar-refractivity contribution in [2.75, 3.05) is 12.4 Å². The van der Waals surface area contributed by atoms with E-state index < -0.39 is 11.9 Å². The van der Waals surface area contributed by atoms with Gasteiger partial charge >= 0.3 is 5.97 Å². The van der Waals surface area contributed by atoms with Crippen LogP contribution in [-0.2, 0) is 11.8 Å². The van der Waals surface area contributed by atoms with Crippen molar-refractivity contribution in [2.24, 2.45) is 7.05 Å². The Kier molecular flexibility index (Phi) is 3.56. The van der Waals surface area contributed by atoms with Crippen LogP contribution in [0.25, 0.3) is 0 Å². The maximum atomic E-state index is 11.9. The first-order valence-electron chi connectivity index (χ1n) is 5.47. The number of aromatic nitrogens is 3. The number of ether oxygens (including phenoxy) is 1. The summed E-state index contributed by atoms with van der Waals surface area (Å²) in [6.45, 7) is 0. The van der Waals surface area contributed by atoms with E-state index in [1.807, 2.05) is 0 Å². The average molecular weight is 260 g/mol. The number of para-hydroxylation sites is 1. The van der Waals surface area contributed by atoms with Gasteiger partial charge in [0.05, 0.1) is 24.6 Å². The van der Waals surface area contributed by atoms with Crippen molar-refractivity contribution < 1.29 is 14.3 Å². The van der Waals surface area contributed by atoms with Crippen LogP contribution >= 0.6 is 0 Å². The van der Waals surface area contributed by atoms with Crippen molar-refractivity contribution in [3.8, 4) is 0 Å². The summed E-state index contributed by atoms with van der Waals surface area (Å²) in [6.07, 6.45) is 1.48. The molecule has 2 rings (SSSR count). The second-order valence-electron chi connectivity index (χ2n) is 3.77. The van der Waals surface area contributed by atoms with E-state index in [9.17, 15) is 9.59 Å². The Morgan fingerprint density at radius 1 is 1.32 bits per heavy atom. The fourth-order valence-electron chi connectivity index (χ4n) is 1.52. The van der Waals surface area contributed by atoms with E-state index in [0.717, 1.165) is 0 Å². The topological polar surface area (TPSA) is 86.1 Å². The SMILES string of the molecule is COC(=O)c1ccccc1NC(=O)c1cn(C)nn1. The van der Waals surface area contributed by atoms with Crippen LogP contribution in [0.15, 0.2) is 30.5 Å². The number of methoxy groups -OCH3 is 1. The molecule has 0 aliphatic carbocycles. The van der Waals surface area contributed by atoms with Gasteiger partial charge in [-0.25, -0.2) is 4.79 Å². The van der Waals surface area contributed by atoms with Crippen molar-refractivity contribution in [3.05, 3.63) is 41.7 Å². The number of amides is 1. The normalized spacial score (nSPS) is 10.0. The largest absolute Gasteiger partial charge is 0.465 e. The Hall–Kier alpha value is -2.70. The maximum absolute atomic E-state index is 11.9. The molecule has 0 bridgehead atoms. The zero-order valence-electron chi connectivity index (χ0n) is 10.5. The minimum atomic E-state index is -0.518. The van der Waals surface area contributed by atoms with E-state index in [1.165, 1.54) is 18.0 Å². The van der Waals surface area contributed by atoms with Crippen LogP contribution in [0.3, 0.4) is 0 Å². The van der Waals surface area contributed by atoms with E-state index in [4.69, 9.17) is 0 Å². The van der Waals surface area contributed by atoms with Gasteiger partial charge in [-0.1, -0.05) is 17.3 Å². The first kappa shape index (κ1) is 12.7. The van der Waals surface area contributed by atoms with Crippen LogP contribution in [0.5, 0.6) is 0 Å². The van der Waals surface area contributed by atoms with Crippen molar-refractivity contribution in [1.29, 1.82) is 0 Å². The summed E-state index contributed by atoms with van der Waals surface area (Å²) < 4.78 is 6.06. The standard InChI is InChI=1S/C12H12N4O3/c1-16-7-10(14-15-16)11(17)13-9-6-4-3-5-8(9)12(18)19-2/h3-7H,1-2H3,(H,13,17). The highest BCUT2D eigenvalue weighted by Crippen LogP contribution is 2.16. The molecule has 1 heterocycles. The molecule has 19 heavy (non-hydrogen) atoms. The van der Waals surface area contributed by atoms with Gasteiger partial charge in [-0.15, -0.1) is 5.10 Å². The summed E-state index contributed by atoms with van der Waals surface area (Å²) in [5.41, 5.74) is 0.814. The summed E-state index contributed by atoms with van der Waals surface area (Å²) in [6, 6.07) is 6.57. The minimum Gasteiger partial charge on any atom is -0.465 e. The van der Waals surface area contributed by atoms with E-state index in [1.54, 1.807) is 31.3 Å². The summed E-state index contributed by atoms with van der Waals surface area (Å²) in [7, 11) is 2.94.